The Balaban J connectivity index is 1.51. The maximum Gasteiger partial charge on any atom is 0.230 e. The van der Waals surface area contributed by atoms with Crippen molar-refractivity contribution < 1.29 is 9.21 Å². The summed E-state index contributed by atoms with van der Waals surface area (Å²) in [6.07, 6.45) is 5.68. The van der Waals surface area contributed by atoms with E-state index in [9.17, 15) is 4.79 Å². The molecule has 0 bridgehead atoms. The number of halogens is 1. The normalized spacial score (nSPS) is 20.8. The molecular formula is C22H27ClN2O2S. The van der Waals surface area contributed by atoms with Crippen molar-refractivity contribution >= 4 is 29.3 Å². The van der Waals surface area contributed by atoms with Crippen LogP contribution in [0.25, 0.3) is 0 Å². The number of carbonyl (C=O) groups excluding carboxylic acids is 1. The molecule has 0 radical (unpaired) electrons. The van der Waals surface area contributed by atoms with E-state index in [1.807, 2.05) is 48.2 Å². The van der Waals surface area contributed by atoms with Crippen LogP contribution in [0.1, 0.15) is 43.0 Å². The van der Waals surface area contributed by atoms with Crippen LogP contribution in [-0.4, -0.2) is 41.9 Å². The molecule has 1 aromatic heterocycles. The van der Waals surface area contributed by atoms with Gasteiger partial charge in [0.15, 0.2) is 0 Å². The van der Waals surface area contributed by atoms with Gasteiger partial charge >= 0.3 is 0 Å². The molecule has 1 saturated heterocycles. The van der Waals surface area contributed by atoms with Gasteiger partial charge in [-0.3, -0.25) is 9.69 Å². The summed E-state index contributed by atoms with van der Waals surface area (Å²) in [7, 11) is 0. The lowest BCUT2D eigenvalue weighted by atomic mass is 9.78. The van der Waals surface area contributed by atoms with E-state index < -0.39 is 5.41 Å². The molecule has 1 aromatic carbocycles. The number of hydrogen-bond donors (Lipinski definition) is 1. The van der Waals surface area contributed by atoms with E-state index in [1.54, 1.807) is 6.26 Å². The molecule has 2 fully saturated rings. The second-order valence-electron chi connectivity index (χ2n) is 7.69. The predicted molar refractivity (Wildman–Crippen MR) is 115 cm³/mol. The standard InChI is InChI=1S/C22H27ClN2O2S/c23-18-7-5-17(6-8-18)22(9-1-2-10-22)21(26)24-16-19(20-4-3-13-27-20)25-11-14-28-15-12-25/h3-8,13,19H,1-2,9-12,14-16H2,(H,24,26)/t19-/m1/s1. The maximum atomic E-state index is 13.4. The van der Waals surface area contributed by atoms with Crippen LogP contribution >= 0.6 is 23.4 Å². The number of amides is 1. The van der Waals surface area contributed by atoms with Crippen molar-refractivity contribution in [3.63, 3.8) is 0 Å². The molecule has 1 N–H and O–H groups in total. The first kappa shape index (κ1) is 19.9. The van der Waals surface area contributed by atoms with Gasteiger partial charge in [-0.1, -0.05) is 36.6 Å². The molecule has 2 aliphatic rings. The van der Waals surface area contributed by atoms with Gasteiger partial charge in [0.1, 0.15) is 5.76 Å². The molecule has 2 heterocycles. The van der Waals surface area contributed by atoms with Crippen molar-refractivity contribution in [1.82, 2.24) is 10.2 Å². The van der Waals surface area contributed by atoms with E-state index in [1.165, 1.54) is 0 Å². The third-order valence-electron chi connectivity index (χ3n) is 6.10. The third-order valence-corrected chi connectivity index (χ3v) is 7.30. The minimum absolute atomic E-state index is 0.0866. The highest BCUT2D eigenvalue weighted by Crippen LogP contribution is 2.41. The van der Waals surface area contributed by atoms with Crippen molar-refractivity contribution in [2.24, 2.45) is 0 Å². The van der Waals surface area contributed by atoms with Crippen LogP contribution in [0.3, 0.4) is 0 Å². The fourth-order valence-corrected chi connectivity index (χ4v) is 5.59. The average Bonchev–Trinajstić information content (AvgIpc) is 3.42. The van der Waals surface area contributed by atoms with Crippen molar-refractivity contribution in [1.29, 1.82) is 0 Å². The van der Waals surface area contributed by atoms with Gasteiger partial charge in [0.25, 0.3) is 0 Å². The number of carbonyl (C=O) groups is 1. The number of benzene rings is 1. The number of hydrogen-bond acceptors (Lipinski definition) is 4. The highest BCUT2D eigenvalue weighted by atomic mass is 35.5. The lowest BCUT2D eigenvalue weighted by Gasteiger charge is -2.35. The summed E-state index contributed by atoms with van der Waals surface area (Å²) in [6.45, 7) is 2.62. The van der Waals surface area contributed by atoms with Crippen molar-refractivity contribution in [2.75, 3.05) is 31.1 Å². The van der Waals surface area contributed by atoms with Crippen LogP contribution in [0.2, 0.25) is 5.02 Å². The maximum absolute atomic E-state index is 13.4. The molecular weight excluding hydrogens is 392 g/mol. The van der Waals surface area contributed by atoms with Gasteiger partial charge in [0.05, 0.1) is 17.7 Å². The van der Waals surface area contributed by atoms with E-state index in [0.717, 1.165) is 61.6 Å². The van der Waals surface area contributed by atoms with E-state index in [2.05, 4.69) is 10.2 Å². The summed E-state index contributed by atoms with van der Waals surface area (Å²) < 4.78 is 5.72. The van der Waals surface area contributed by atoms with Crippen LogP contribution in [0.5, 0.6) is 0 Å². The van der Waals surface area contributed by atoms with Gasteiger partial charge in [-0.25, -0.2) is 0 Å². The van der Waals surface area contributed by atoms with Gasteiger partial charge in [0.2, 0.25) is 5.91 Å². The zero-order valence-corrected chi connectivity index (χ0v) is 17.6. The molecule has 150 valence electrons. The number of thioether (sulfide) groups is 1. The average molecular weight is 419 g/mol. The summed E-state index contributed by atoms with van der Waals surface area (Å²) in [5, 5.41) is 3.99. The second kappa shape index (κ2) is 8.93. The van der Waals surface area contributed by atoms with Gasteiger partial charge in [-0.2, -0.15) is 11.8 Å². The Hall–Kier alpha value is -1.43. The van der Waals surface area contributed by atoms with Crippen LogP contribution < -0.4 is 5.32 Å². The number of rotatable bonds is 6. The Labute approximate surface area is 176 Å². The smallest absolute Gasteiger partial charge is 0.230 e. The van der Waals surface area contributed by atoms with Crippen LogP contribution in [0, 0.1) is 0 Å². The SMILES string of the molecule is O=C(NC[C@H](c1ccco1)N1CCSCC1)C1(c2ccc(Cl)cc2)CCCC1. The van der Waals surface area contributed by atoms with E-state index in [-0.39, 0.29) is 11.9 Å². The number of nitrogens with one attached hydrogen (secondary N) is 1. The molecule has 4 nitrogen and oxygen atoms in total. The monoisotopic (exact) mass is 418 g/mol. The minimum atomic E-state index is -0.434. The summed E-state index contributed by atoms with van der Waals surface area (Å²) >= 11 is 8.06. The molecule has 28 heavy (non-hydrogen) atoms. The molecule has 1 amide bonds. The summed E-state index contributed by atoms with van der Waals surface area (Å²) in [6, 6.07) is 11.8. The highest BCUT2D eigenvalue weighted by molar-refractivity contribution is 7.99. The molecule has 1 aliphatic carbocycles. The minimum Gasteiger partial charge on any atom is -0.468 e. The first-order chi connectivity index (χ1) is 13.7. The fourth-order valence-electron chi connectivity index (χ4n) is 4.53. The molecule has 0 unspecified atom stereocenters. The largest absolute Gasteiger partial charge is 0.468 e. The lowest BCUT2D eigenvalue weighted by Crippen LogP contribution is -2.47. The molecule has 4 rings (SSSR count). The second-order valence-corrected chi connectivity index (χ2v) is 9.35. The molecule has 6 heteroatoms. The van der Waals surface area contributed by atoms with Crippen LogP contribution in [0.4, 0.5) is 0 Å². The molecule has 0 spiro atoms. The first-order valence-corrected chi connectivity index (χ1v) is 11.6. The topological polar surface area (TPSA) is 45.5 Å². The number of furan rings is 1. The highest BCUT2D eigenvalue weighted by Gasteiger charge is 2.43. The summed E-state index contributed by atoms with van der Waals surface area (Å²) in [5.41, 5.74) is 0.645. The molecule has 1 aliphatic heterocycles. The van der Waals surface area contributed by atoms with E-state index >= 15 is 0 Å². The van der Waals surface area contributed by atoms with Crippen LogP contribution in [0.15, 0.2) is 47.1 Å². The number of nitrogens with zero attached hydrogens (tertiary/aromatic N) is 1. The summed E-state index contributed by atoms with van der Waals surface area (Å²) in [4.78, 5) is 15.8. The summed E-state index contributed by atoms with van der Waals surface area (Å²) in [5.74, 6) is 3.31. The van der Waals surface area contributed by atoms with Gasteiger partial charge in [0, 0.05) is 36.2 Å². The van der Waals surface area contributed by atoms with Crippen LogP contribution in [-0.2, 0) is 10.2 Å². The third kappa shape index (κ3) is 4.12. The van der Waals surface area contributed by atoms with Gasteiger partial charge in [-0.05, 0) is 42.7 Å². The Bertz CT molecular complexity index is 766. The van der Waals surface area contributed by atoms with Gasteiger partial charge < -0.3 is 9.73 Å². The van der Waals surface area contributed by atoms with Crippen molar-refractivity contribution in [3.05, 3.63) is 59.0 Å². The van der Waals surface area contributed by atoms with E-state index in [0.29, 0.717) is 11.6 Å². The quantitative estimate of drug-likeness (QED) is 0.741. The first-order valence-electron chi connectivity index (χ1n) is 10.1. The zero-order chi connectivity index (χ0) is 19.4. The van der Waals surface area contributed by atoms with Gasteiger partial charge in [-0.15, -0.1) is 0 Å². The predicted octanol–water partition coefficient (Wildman–Crippen LogP) is 4.65. The Morgan fingerprint density at radius 3 is 2.54 bits per heavy atom. The Kier molecular flexibility index (Phi) is 6.34. The molecule has 1 saturated carbocycles. The van der Waals surface area contributed by atoms with Crippen molar-refractivity contribution in [2.45, 2.75) is 37.1 Å². The fraction of sp³-hybridized carbons (Fsp3) is 0.500. The molecule has 1 atom stereocenters. The van der Waals surface area contributed by atoms with E-state index in [4.69, 9.17) is 16.0 Å². The van der Waals surface area contributed by atoms with Crippen molar-refractivity contribution in [3.8, 4) is 0 Å². The lowest BCUT2D eigenvalue weighted by molar-refractivity contribution is -0.127. The molecule has 2 aromatic rings. The zero-order valence-electron chi connectivity index (χ0n) is 16.0. The Morgan fingerprint density at radius 1 is 1.18 bits per heavy atom. The Morgan fingerprint density at radius 2 is 1.89 bits per heavy atom.